The summed E-state index contributed by atoms with van der Waals surface area (Å²) in [5.41, 5.74) is 0.456. The van der Waals surface area contributed by atoms with E-state index in [9.17, 15) is 9.59 Å². The maximum atomic E-state index is 11.8. The highest BCUT2D eigenvalue weighted by molar-refractivity contribution is 5.98. The van der Waals surface area contributed by atoms with Gasteiger partial charge >= 0.3 is 11.9 Å². The number of hydrogen-bond acceptors (Lipinski definition) is 8. The molecule has 1 saturated heterocycles. The summed E-state index contributed by atoms with van der Waals surface area (Å²) in [7, 11) is 3.94. The van der Waals surface area contributed by atoms with Gasteiger partial charge in [0.25, 0.3) is 0 Å². The van der Waals surface area contributed by atoms with E-state index in [1.54, 1.807) is 18.2 Å². The van der Waals surface area contributed by atoms with E-state index in [0.717, 1.165) is 6.08 Å². The number of hydrogen-bond donors (Lipinski definition) is 1. The van der Waals surface area contributed by atoms with Crippen LogP contribution < -0.4 is 14.8 Å². The van der Waals surface area contributed by atoms with Gasteiger partial charge in [-0.1, -0.05) is 0 Å². The molecular weight excluding hydrogens is 318 g/mol. The van der Waals surface area contributed by atoms with Crippen LogP contribution >= 0.6 is 0 Å². The number of nitrogens with one attached hydrogen (secondary N) is 1. The van der Waals surface area contributed by atoms with E-state index < -0.39 is 11.9 Å². The van der Waals surface area contributed by atoms with Crippen LogP contribution in [0.25, 0.3) is 0 Å². The van der Waals surface area contributed by atoms with Gasteiger partial charge in [-0.3, -0.25) is 0 Å². The van der Waals surface area contributed by atoms with Gasteiger partial charge in [0.15, 0.2) is 11.5 Å². The lowest BCUT2D eigenvalue weighted by molar-refractivity contribution is -0.138. The fourth-order valence-corrected chi connectivity index (χ4v) is 1.89. The number of methoxy groups -OCH3 is 3. The number of ether oxygens (including phenoxy) is 5. The molecule has 8 nitrogen and oxygen atoms in total. The zero-order valence-electron chi connectivity index (χ0n) is 13.7. The molecule has 0 unspecified atom stereocenters. The Morgan fingerprint density at radius 2 is 1.92 bits per heavy atom. The molecule has 1 aromatic rings. The minimum Gasteiger partial charge on any atom is -0.493 e. The quantitative estimate of drug-likeness (QED) is 0.584. The molecule has 1 aliphatic rings. The third-order valence-corrected chi connectivity index (χ3v) is 3.21. The predicted octanol–water partition coefficient (Wildman–Crippen LogP) is 1.11. The second kappa shape index (κ2) is 8.21. The second-order valence-corrected chi connectivity index (χ2v) is 4.84. The van der Waals surface area contributed by atoms with E-state index in [0.29, 0.717) is 30.4 Å². The molecule has 1 heterocycles. The summed E-state index contributed by atoms with van der Waals surface area (Å²) in [4.78, 5) is 23.1. The van der Waals surface area contributed by atoms with Crippen molar-refractivity contribution in [1.29, 1.82) is 0 Å². The first kappa shape index (κ1) is 17.6. The standard InChI is InChI=1S/C16H19NO7/c1-20-14-6-10(4-5-13(14)24-11-8-23-9-11)17-12(16(19)22-3)7-15(18)21-2/h4-7,11,17H,8-9H2,1-3H3/b12-7+. The van der Waals surface area contributed by atoms with E-state index in [-0.39, 0.29) is 11.8 Å². The molecular formula is C16H19NO7. The molecule has 0 spiro atoms. The molecule has 0 amide bonds. The molecule has 24 heavy (non-hydrogen) atoms. The van der Waals surface area contributed by atoms with Crippen LogP contribution in [0, 0.1) is 0 Å². The monoisotopic (exact) mass is 337 g/mol. The van der Waals surface area contributed by atoms with E-state index in [4.69, 9.17) is 14.2 Å². The first-order valence-corrected chi connectivity index (χ1v) is 7.14. The fourth-order valence-electron chi connectivity index (χ4n) is 1.89. The molecule has 0 aromatic heterocycles. The van der Waals surface area contributed by atoms with Gasteiger partial charge in [0, 0.05) is 11.8 Å². The molecule has 0 radical (unpaired) electrons. The smallest absolute Gasteiger partial charge is 0.354 e. The number of esters is 2. The van der Waals surface area contributed by atoms with Crippen molar-refractivity contribution in [2.24, 2.45) is 0 Å². The van der Waals surface area contributed by atoms with Crippen LogP contribution in [0.4, 0.5) is 5.69 Å². The van der Waals surface area contributed by atoms with Crippen molar-refractivity contribution < 1.29 is 33.3 Å². The molecule has 1 aliphatic heterocycles. The third-order valence-electron chi connectivity index (χ3n) is 3.21. The Kier molecular flexibility index (Phi) is 6.02. The maximum absolute atomic E-state index is 11.8. The van der Waals surface area contributed by atoms with E-state index in [1.165, 1.54) is 21.3 Å². The number of carbonyl (C=O) groups excluding carboxylic acids is 2. The van der Waals surface area contributed by atoms with Gasteiger partial charge in [0.1, 0.15) is 11.8 Å². The van der Waals surface area contributed by atoms with Gasteiger partial charge in [0.2, 0.25) is 0 Å². The topological polar surface area (TPSA) is 92.3 Å². The van der Waals surface area contributed by atoms with Gasteiger partial charge in [0.05, 0.1) is 40.6 Å². The Labute approximate surface area is 139 Å². The maximum Gasteiger partial charge on any atom is 0.354 e. The van der Waals surface area contributed by atoms with Crippen LogP contribution in [0.15, 0.2) is 30.0 Å². The lowest BCUT2D eigenvalue weighted by Gasteiger charge is -2.27. The van der Waals surface area contributed by atoms with Crippen LogP contribution in [-0.4, -0.2) is 52.6 Å². The lowest BCUT2D eigenvalue weighted by atomic mass is 10.2. The highest BCUT2D eigenvalue weighted by Gasteiger charge is 2.22. The molecule has 0 saturated carbocycles. The summed E-state index contributed by atoms with van der Waals surface area (Å²) in [5, 5.41) is 2.80. The molecule has 130 valence electrons. The zero-order chi connectivity index (χ0) is 17.5. The third kappa shape index (κ3) is 4.39. The molecule has 1 N–H and O–H groups in total. The summed E-state index contributed by atoms with van der Waals surface area (Å²) in [6, 6.07) is 5.03. The van der Waals surface area contributed by atoms with Gasteiger partial charge in [-0.05, 0) is 12.1 Å². The second-order valence-electron chi connectivity index (χ2n) is 4.84. The minimum absolute atomic E-state index is 0.00237. The summed E-state index contributed by atoms with van der Waals surface area (Å²) < 4.78 is 25.2. The molecule has 0 aliphatic carbocycles. The van der Waals surface area contributed by atoms with Crippen LogP contribution in [0.2, 0.25) is 0 Å². The zero-order valence-corrected chi connectivity index (χ0v) is 13.7. The van der Waals surface area contributed by atoms with Crippen molar-refractivity contribution in [3.05, 3.63) is 30.0 Å². The molecule has 2 rings (SSSR count). The van der Waals surface area contributed by atoms with Crippen molar-refractivity contribution in [2.45, 2.75) is 6.10 Å². The number of rotatable bonds is 7. The summed E-state index contributed by atoms with van der Waals surface area (Å²) >= 11 is 0. The van der Waals surface area contributed by atoms with Crippen LogP contribution in [-0.2, 0) is 23.8 Å². The summed E-state index contributed by atoms with van der Waals surface area (Å²) in [5.74, 6) is -0.340. The number of carbonyl (C=O) groups is 2. The van der Waals surface area contributed by atoms with E-state index >= 15 is 0 Å². The highest BCUT2D eigenvalue weighted by Crippen LogP contribution is 2.32. The van der Waals surface area contributed by atoms with Crippen molar-refractivity contribution in [3.8, 4) is 11.5 Å². The Morgan fingerprint density at radius 1 is 1.17 bits per heavy atom. The fraction of sp³-hybridized carbons (Fsp3) is 0.375. The van der Waals surface area contributed by atoms with Gasteiger partial charge < -0.3 is 29.0 Å². The van der Waals surface area contributed by atoms with Gasteiger partial charge in [-0.25, -0.2) is 9.59 Å². The van der Waals surface area contributed by atoms with Crippen molar-refractivity contribution >= 4 is 17.6 Å². The van der Waals surface area contributed by atoms with E-state index in [1.807, 2.05) is 0 Å². The first-order chi connectivity index (χ1) is 11.6. The van der Waals surface area contributed by atoms with Gasteiger partial charge in [-0.2, -0.15) is 0 Å². The Balaban J connectivity index is 2.18. The SMILES string of the molecule is COC(=O)/C=C(/Nc1ccc(OC2COC2)c(OC)c1)C(=O)OC. The van der Waals surface area contributed by atoms with Crippen molar-refractivity contribution in [1.82, 2.24) is 0 Å². The molecule has 1 aromatic carbocycles. The Bertz CT molecular complexity index is 637. The highest BCUT2D eigenvalue weighted by atomic mass is 16.6. The largest absolute Gasteiger partial charge is 0.493 e. The summed E-state index contributed by atoms with van der Waals surface area (Å²) in [6.45, 7) is 1.08. The Hall–Kier alpha value is -2.74. The number of anilines is 1. The van der Waals surface area contributed by atoms with Crippen LogP contribution in [0.3, 0.4) is 0 Å². The van der Waals surface area contributed by atoms with E-state index in [2.05, 4.69) is 14.8 Å². The molecule has 0 bridgehead atoms. The van der Waals surface area contributed by atoms with Crippen molar-refractivity contribution in [3.63, 3.8) is 0 Å². The van der Waals surface area contributed by atoms with Crippen molar-refractivity contribution in [2.75, 3.05) is 39.9 Å². The average Bonchev–Trinajstić information content (AvgIpc) is 2.57. The predicted molar refractivity (Wildman–Crippen MR) is 84.0 cm³/mol. The van der Waals surface area contributed by atoms with Crippen LogP contribution in [0.5, 0.6) is 11.5 Å². The molecule has 8 heteroatoms. The normalized spacial score (nSPS) is 14.4. The molecule has 0 atom stereocenters. The van der Waals surface area contributed by atoms with Crippen LogP contribution in [0.1, 0.15) is 0 Å². The summed E-state index contributed by atoms with van der Waals surface area (Å²) in [6.07, 6.45) is 1.01. The first-order valence-electron chi connectivity index (χ1n) is 7.14. The van der Waals surface area contributed by atoms with Gasteiger partial charge in [-0.15, -0.1) is 0 Å². The minimum atomic E-state index is -0.702. The lowest BCUT2D eigenvalue weighted by Crippen LogP contribution is -2.38. The molecule has 1 fully saturated rings. The average molecular weight is 337 g/mol. The number of benzene rings is 1. The Morgan fingerprint density at radius 3 is 2.46 bits per heavy atom.